The van der Waals surface area contributed by atoms with Crippen molar-refractivity contribution in [3.63, 3.8) is 0 Å². The Morgan fingerprint density at radius 2 is 1.00 bits per heavy atom. The molecular weight excluding hydrogens is 270 g/mol. The SMILES string of the molecule is CCOC(CO[N+](=O)OCC(OCC)OCC)OCC. The Morgan fingerprint density at radius 3 is 1.25 bits per heavy atom. The lowest BCUT2D eigenvalue weighted by atomic mass is 10.6. The third kappa shape index (κ3) is 9.90. The van der Waals surface area contributed by atoms with E-state index < -0.39 is 12.6 Å². The van der Waals surface area contributed by atoms with Crippen LogP contribution in [0.4, 0.5) is 0 Å². The Hall–Kier alpha value is -0.960. The van der Waals surface area contributed by atoms with Gasteiger partial charge in [0.05, 0.1) is 0 Å². The zero-order valence-electron chi connectivity index (χ0n) is 12.7. The van der Waals surface area contributed by atoms with Crippen molar-refractivity contribution >= 4 is 0 Å². The highest BCUT2D eigenvalue weighted by Crippen LogP contribution is 1.99. The lowest BCUT2D eigenvalue weighted by Crippen LogP contribution is -2.29. The monoisotopic (exact) mass is 296 g/mol. The lowest BCUT2D eigenvalue weighted by Gasteiger charge is -2.14. The summed E-state index contributed by atoms with van der Waals surface area (Å²) in [5.74, 6) is 0. The van der Waals surface area contributed by atoms with E-state index in [1.165, 1.54) is 0 Å². The van der Waals surface area contributed by atoms with Gasteiger partial charge in [0.15, 0.2) is 12.6 Å². The Morgan fingerprint density at radius 1 is 0.700 bits per heavy atom. The maximum absolute atomic E-state index is 11.3. The van der Waals surface area contributed by atoms with Crippen LogP contribution in [0.5, 0.6) is 0 Å². The Kier molecular flexibility index (Phi) is 12.4. The minimum absolute atomic E-state index is 0.01000. The summed E-state index contributed by atoms with van der Waals surface area (Å²) < 4.78 is 20.9. The van der Waals surface area contributed by atoms with Gasteiger partial charge in [0, 0.05) is 26.4 Å². The van der Waals surface area contributed by atoms with E-state index in [4.69, 9.17) is 28.6 Å². The number of nitrogens with zero attached hydrogens (tertiary/aromatic N) is 1. The molecule has 0 aliphatic carbocycles. The molecule has 0 heterocycles. The van der Waals surface area contributed by atoms with Gasteiger partial charge in [-0.25, -0.2) is 0 Å². The molecule has 0 N–H and O–H groups in total. The van der Waals surface area contributed by atoms with E-state index in [1.807, 2.05) is 27.7 Å². The van der Waals surface area contributed by atoms with Crippen LogP contribution >= 0.6 is 0 Å². The highest BCUT2D eigenvalue weighted by atomic mass is 17.0. The van der Waals surface area contributed by atoms with Crippen LogP contribution in [-0.2, 0) is 28.6 Å². The van der Waals surface area contributed by atoms with Crippen molar-refractivity contribution in [1.29, 1.82) is 0 Å². The maximum Gasteiger partial charge on any atom is 0.477 e. The molecule has 0 radical (unpaired) electrons. The first-order valence-corrected chi connectivity index (χ1v) is 6.87. The molecule has 0 aromatic rings. The summed E-state index contributed by atoms with van der Waals surface area (Å²) in [5.41, 5.74) is 0. The Bertz CT molecular complexity index is 206. The van der Waals surface area contributed by atoms with Crippen LogP contribution in [0.15, 0.2) is 0 Å². The fraction of sp³-hybridized carbons (Fsp3) is 1.00. The van der Waals surface area contributed by atoms with Crippen molar-refractivity contribution in [2.45, 2.75) is 40.3 Å². The summed E-state index contributed by atoms with van der Waals surface area (Å²) in [5, 5.41) is 0.01000. The van der Waals surface area contributed by atoms with Crippen molar-refractivity contribution in [3.05, 3.63) is 4.91 Å². The van der Waals surface area contributed by atoms with Crippen LogP contribution in [0.1, 0.15) is 27.7 Å². The van der Waals surface area contributed by atoms with Crippen LogP contribution < -0.4 is 0 Å². The quantitative estimate of drug-likeness (QED) is 0.354. The van der Waals surface area contributed by atoms with E-state index in [2.05, 4.69) is 0 Å². The van der Waals surface area contributed by atoms with Gasteiger partial charge in [-0.15, -0.1) is 0 Å². The highest BCUT2D eigenvalue weighted by molar-refractivity contribution is 4.38. The van der Waals surface area contributed by atoms with Crippen LogP contribution in [-0.4, -0.2) is 57.3 Å². The van der Waals surface area contributed by atoms with Gasteiger partial charge in [0.25, 0.3) is 0 Å². The summed E-state index contributed by atoms with van der Waals surface area (Å²) >= 11 is 0. The van der Waals surface area contributed by atoms with Crippen LogP contribution in [0, 0.1) is 4.91 Å². The molecule has 0 saturated heterocycles. The van der Waals surface area contributed by atoms with Crippen molar-refractivity contribution in [2.24, 2.45) is 0 Å². The van der Waals surface area contributed by atoms with Gasteiger partial charge in [0.1, 0.15) is 4.91 Å². The van der Waals surface area contributed by atoms with Crippen LogP contribution in [0.25, 0.3) is 0 Å². The lowest BCUT2D eigenvalue weighted by molar-refractivity contribution is -0.983. The molecule has 0 aromatic heterocycles. The molecule has 0 aromatic carbocycles. The molecule has 0 aliphatic heterocycles. The first-order valence-electron chi connectivity index (χ1n) is 6.87. The van der Waals surface area contributed by atoms with Gasteiger partial charge in [0.2, 0.25) is 13.2 Å². The minimum Gasteiger partial charge on any atom is -0.349 e. The summed E-state index contributed by atoms with van der Waals surface area (Å²) in [6.07, 6.45) is -1.20. The second-order valence-corrected chi connectivity index (χ2v) is 3.50. The summed E-state index contributed by atoms with van der Waals surface area (Å²) in [4.78, 5) is 20.9. The fourth-order valence-corrected chi connectivity index (χ4v) is 1.31. The fourth-order valence-electron chi connectivity index (χ4n) is 1.31. The van der Waals surface area contributed by atoms with Gasteiger partial charge < -0.3 is 18.9 Å². The number of hydrogen-bond donors (Lipinski definition) is 0. The Labute approximate surface area is 119 Å². The molecule has 120 valence electrons. The summed E-state index contributed by atoms with van der Waals surface area (Å²) in [6.45, 7) is 9.04. The molecule has 0 fully saturated rings. The van der Waals surface area contributed by atoms with Gasteiger partial charge in [-0.2, -0.15) is 9.68 Å². The van der Waals surface area contributed by atoms with Gasteiger partial charge in [-0.1, -0.05) is 0 Å². The smallest absolute Gasteiger partial charge is 0.349 e. The molecule has 0 bridgehead atoms. The molecular formula is C12H26NO7+. The topological polar surface area (TPSA) is 75.5 Å². The molecule has 0 unspecified atom stereocenters. The van der Waals surface area contributed by atoms with Crippen molar-refractivity contribution in [3.8, 4) is 0 Å². The third-order valence-electron chi connectivity index (χ3n) is 2.04. The van der Waals surface area contributed by atoms with E-state index >= 15 is 0 Å². The molecule has 8 nitrogen and oxygen atoms in total. The van der Waals surface area contributed by atoms with Crippen LogP contribution in [0.3, 0.4) is 0 Å². The zero-order chi connectivity index (χ0) is 15.2. The molecule has 0 spiro atoms. The van der Waals surface area contributed by atoms with Crippen molar-refractivity contribution < 1.29 is 33.7 Å². The number of rotatable bonds is 14. The molecule has 0 atom stereocenters. The van der Waals surface area contributed by atoms with Gasteiger partial charge in [-0.3, -0.25) is 0 Å². The Balaban J connectivity index is 3.89. The second-order valence-electron chi connectivity index (χ2n) is 3.50. The molecule has 20 heavy (non-hydrogen) atoms. The van der Waals surface area contributed by atoms with Crippen molar-refractivity contribution in [1.82, 2.24) is 0 Å². The van der Waals surface area contributed by atoms with Crippen LogP contribution in [0.2, 0.25) is 0 Å². The molecule has 0 aliphatic rings. The van der Waals surface area contributed by atoms with E-state index in [-0.39, 0.29) is 18.3 Å². The second kappa shape index (κ2) is 13.0. The predicted octanol–water partition coefficient (Wildman–Crippen LogP) is 1.43. The largest absolute Gasteiger partial charge is 0.477 e. The van der Waals surface area contributed by atoms with Gasteiger partial charge in [-0.05, 0) is 27.7 Å². The predicted molar refractivity (Wildman–Crippen MR) is 69.6 cm³/mol. The van der Waals surface area contributed by atoms with E-state index in [0.717, 1.165) is 0 Å². The number of ether oxygens (including phenoxy) is 4. The standard InChI is InChI=1S/C12H26NO7/c1-5-15-11(16-6-2)9-19-13(14)20-10-12(17-7-3)18-8-4/h11-12H,5-10H2,1-4H3/q+1. The molecule has 0 amide bonds. The first-order chi connectivity index (χ1) is 9.67. The minimum atomic E-state index is -0.598. The zero-order valence-corrected chi connectivity index (χ0v) is 12.7. The van der Waals surface area contributed by atoms with Gasteiger partial charge >= 0.3 is 5.09 Å². The van der Waals surface area contributed by atoms with E-state index in [0.29, 0.717) is 26.4 Å². The first kappa shape index (κ1) is 19.0. The normalized spacial score (nSPS) is 11.1. The summed E-state index contributed by atoms with van der Waals surface area (Å²) in [6, 6.07) is 0. The maximum atomic E-state index is 11.3. The molecule has 0 rings (SSSR count). The van der Waals surface area contributed by atoms with E-state index in [9.17, 15) is 4.91 Å². The van der Waals surface area contributed by atoms with Crippen molar-refractivity contribution in [2.75, 3.05) is 39.6 Å². The van der Waals surface area contributed by atoms with E-state index in [1.54, 1.807) is 0 Å². The highest BCUT2D eigenvalue weighted by Gasteiger charge is 2.21. The average molecular weight is 296 g/mol. The summed E-state index contributed by atoms with van der Waals surface area (Å²) in [7, 11) is 0. The number of hydrogen-bond acceptors (Lipinski definition) is 7. The third-order valence-corrected chi connectivity index (χ3v) is 2.04. The molecule has 8 heteroatoms. The molecule has 0 saturated carbocycles. The average Bonchev–Trinajstić information content (AvgIpc) is 2.43.